The molecule has 0 radical (unpaired) electrons. The van der Waals surface area contributed by atoms with E-state index >= 15 is 0 Å². The van der Waals surface area contributed by atoms with Gasteiger partial charge in [-0.15, -0.1) is 0 Å². The molecule has 0 atom stereocenters. The molecule has 0 saturated carbocycles. The van der Waals surface area contributed by atoms with Crippen LogP contribution in [-0.2, 0) is 11.5 Å². The highest BCUT2D eigenvalue weighted by Gasteiger charge is 2.18. The van der Waals surface area contributed by atoms with Crippen molar-refractivity contribution in [2.24, 2.45) is 0 Å². The van der Waals surface area contributed by atoms with Crippen LogP contribution in [0.2, 0.25) is 25.7 Å². The molecule has 0 aliphatic carbocycles. The second-order valence-electron chi connectivity index (χ2n) is 9.55. The third-order valence-electron chi connectivity index (χ3n) is 5.64. The average molecular weight is 472 g/mol. The highest BCUT2D eigenvalue weighted by molar-refractivity contribution is 6.76. The van der Waals surface area contributed by atoms with E-state index in [0.717, 1.165) is 52.2 Å². The lowest BCUT2D eigenvalue weighted by Crippen LogP contribution is -2.21. The Balaban J connectivity index is 1.61. The van der Waals surface area contributed by atoms with E-state index in [1.165, 1.54) is 0 Å². The summed E-state index contributed by atoms with van der Waals surface area (Å²) in [6, 6.07) is 26.1. The van der Waals surface area contributed by atoms with Gasteiger partial charge >= 0.3 is 0 Å². The van der Waals surface area contributed by atoms with Crippen molar-refractivity contribution in [2.45, 2.75) is 32.4 Å². The molecule has 4 rings (SSSR count). The molecule has 0 spiro atoms. The van der Waals surface area contributed by atoms with Crippen molar-refractivity contribution >= 4 is 19.6 Å². The molecule has 1 heterocycles. The van der Waals surface area contributed by atoms with Crippen molar-refractivity contribution in [3.8, 4) is 28.0 Å². The fourth-order valence-electron chi connectivity index (χ4n) is 3.82. The largest absolute Gasteiger partial charge is 0.494 e. The minimum absolute atomic E-state index is 0.499. The molecule has 1 aromatic heterocycles. The number of ether oxygens (including phenoxy) is 2. The highest BCUT2D eigenvalue weighted by atomic mass is 28.3. The van der Waals surface area contributed by atoms with E-state index in [-0.39, 0.29) is 0 Å². The normalized spacial score (nSPS) is 11.4. The minimum atomic E-state index is -1.09. The van der Waals surface area contributed by atoms with E-state index in [4.69, 9.17) is 9.47 Å². The zero-order chi connectivity index (χ0) is 24.0. The van der Waals surface area contributed by atoms with E-state index in [2.05, 4.69) is 78.5 Å². The third kappa shape index (κ3) is 5.95. The Morgan fingerprint density at radius 3 is 2.21 bits per heavy atom. The quantitative estimate of drug-likeness (QED) is 0.195. The van der Waals surface area contributed by atoms with E-state index in [1.54, 1.807) is 13.4 Å². The van der Waals surface area contributed by atoms with Crippen molar-refractivity contribution in [2.75, 3.05) is 19.0 Å². The monoisotopic (exact) mass is 471 g/mol. The Kier molecular flexibility index (Phi) is 7.50. The van der Waals surface area contributed by atoms with Crippen molar-refractivity contribution in [1.82, 2.24) is 9.55 Å². The molecule has 0 amide bonds. The van der Waals surface area contributed by atoms with Crippen LogP contribution in [0.5, 0.6) is 5.75 Å². The molecule has 0 aliphatic heterocycles. The number of anilines is 2. The summed E-state index contributed by atoms with van der Waals surface area (Å²) in [5.74, 6) is 1.53. The first kappa shape index (κ1) is 23.8. The van der Waals surface area contributed by atoms with Gasteiger partial charge in [0.15, 0.2) is 5.75 Å². The van der Waals surface area contributed by atoms with Crippen LogP contribution in [0.25, 0.3) is 22.3 Å². The van der Waals surface area contributed by atoms with Gasteiger partial charge in [0.2, 0.25) is 0 Å². The third-order valence-corrected chi connectivity index (χ3v) is 7.35. The van der Waals surface area contributed by atoms with Crippen LogP contribution in [0.3, 0.4) is 0 Å². The molecule has 0 saturated heterocycles. The van der Waals surface area contributed by atoms with Crippen LogP contribution in [0.4, 0.5) is 11.5 Å². The van der Waals surface area contributed by atoms with Gasteiger partial charge in [-0.25, -0.2) is 4.98 Å². The first-order valence-corrected chi connectivity index (χ1v) is 15.3. The Hall–Kier alpha value is -3.35. The van der Waals surface area contributed by atoms with Crippen LogP contribution < -0.4 is 10.1 Å². The van der Waals surface area contributed by atoms with Crippen molar-refractivity contribution < 1.29 is 9.47 Å². The van der Waals surface area contributed by atoms with Gasteiger partial charge in [0, 0.05) is 20.2 Å². The smallest absolute Gasteiger partial charge is 0.150 e. The summed E-state index contributed by atoms with van der Waals surface area (Å²) in [4.78, 5) is 4.52. The molecule has 1 N–H and O–H groups in total. The zero-order valence-corrected chi connectivity index (χ0v) is 21.4. The van der Waals surface area contributed by atoms with Gasteiger partial charge in [-0.05, 0) is 28.8 Å². The number of hydrogen-bond donors (Lipinski definition) is 1. The lowest BCUT2D eigenvalue weighted by atomic mass is 9.93. The van der Waals surface area contributed by atoms with Crippen LogP contribution in [0.15, 0.2) is 85.3 Å². The maximum Gasteiger partial charge on any atom is 0.150 e. The highest BCUT2D eigenvalue weighted by Crippen LogP contribution is 2.44. The molecular formula is C28H33N3O2Si. The maximum atomic E-state index is 5.97. The van der Waals surface area contributed by atoms with E-state index in [0.29, 0.717) is 6.73 Å². The Bertz CT molecular complexity index is 1200. The predicted molar refractivity (Wildman–Crippen MR) is 143 cm³/mol. The van der Waals surface area contributed by atoms with Gasteiger partial charge in [0.25, 0.3) is 0 Å². The molecule has 34 heavy (non-hydrogen) atoms. The summed E-state index contributed by atoms with van der Waals surface area (Å²) in [6.07, 6.45) is 3.75. The Labute approximate surface area is 203 Å². The lowest BCUT2D eigenvalue weighted by molar-refractivity contribution is 0.0872. The second-order valence-corrected chi connectivity index (χ2v) is 15.2. The first-order valence-electron chi connectivity index (χ1n) is 11.6. The molecule has 176 valence electrons. The Morgan fingerprint density at radius 1 is 0.882 bits per heavy atom. The molecule has 0 bridgehead atoms. The number of methoxy groups -OCH3 is 1. The summed E-state index contributed by atoms with van der Waals surface area (Å²) in [7, 11) is 0.624. The fourth-order valence-corrected chi connectivity index (χ4v) is 4.58. The van der Waals surface area contributed by atoms with Crippen LogP contribution in [0.1, 0.15) is 0 Å². The number of rotatable bonds is 10. The molecule has 0 unspecified atom stereocenters. The second kappa shape index (κ2) is 10.7. The molecule has 0 aliphatic rings. The Morgan fingerprint density at radius 2 is 1.56 bits per heavy atom. The summed E-state index contributed by atoms with van der Waals surface area (Å²) >= 11 is 0. The zero-order valence-electron chi connectivity index (χ0n) is 20.4. The standard InChI is InChI=1S/C28H33N3O2Si/c1-32-28-25(30-26-19-31(20-29-26)21-33-17-18-34(2,3)4)16-15-24(22-11-7-5-8-12-22)27(28)23-13-9-6-10-14-23/h5-16,19-20,30H,17-18,21H2,1-4H3. The van der Waals surface area contributed by atoms with Crippen LogP contribution in [0, 0.1) is 0 Å². The summed E-state index contributed by atoms with van der Waals surface area (Å²) in [5.41, 5.74) is 5.28. The van der Waals surface area contributed by atoms with E-state index in [9.17, 15) is 0 Å². The van der Waals surface area contributed by atoms with Crippen LogP contribution in [-0.4, -0.2) is 31.3 Å². The fraction of sp³-hybridized carbons (Fsp3) is 0.250. The van der Waals surface area contributed by atoms with Crippen molar-refractivity contribution in [1.29, 1.82) is 0 Å². The number of nitrogens with zero attached hydrogens (tertiary/aromatic N) is 2. The summed E-state index contributed by atoms with van der Waals surface area (Å²) < 4.78 is 13.8. The van der Waals surface area contributed by atoms with Crippen molar-refractivity contribution in [3.63, 3.8) is 0 Å². The average Bonchev–Trinajstić information content (AvgIpc) is 3.29. The van der Waals surface area contributed by atoms with Gasteiger partial charge in [0.05, 0.1) is 25.3 Å². The summed E-state index contributed by atoms with van der Waals surface area (Å²) in [5, 5.41) is 3.44. The first-order chi connectivity index (χ1) is 16.4. The SMILES string of the molecule is COc1c(Nc2cn(COCC[Si](C)(C)C)cn2)ccc(-c2ccccc2)c1-c1ccccc1. The molecule has 5 nitrogen and oxygen atoms in total. The van der Waals surface area contributed by atoms with Gasteiger partial charge in [-0.2, -0.15) is 0 Å². The number of aromatic nitrogens is 2. The maximum absolute atomic E-state index is 5.97. The van der Waals surface area contributed by atoms with Gasteiger partial charge < -0.3 is 19.4 Å². The summed E-state index contributed by atoms with van der Waals surface area (Å²) in [6.45, 7) is 8.35. The molecule has 6 heteroatoms. The van der Waals surface area contributed by atoms with Crippen molar-refractivity contribution in [3.05, 3.63) is 85.3 Å². The minimum Gasteiger partial charge on any atom is -0.494 e. The molecule has 0 fully saturated rings. The number of benzene rings is 3. The molecule has 3 aromatic carbocycles. The van der Waals surface area contributed by atoms with Gasteiger partial charge in [0.1, 0.15) is 12.5 Å². The van der Waals surface area contributed by atoms with E-state index < -0.39 is 8.07 Å². The predicted octanol–water partition coefficient (Wildman–Crippen LogP) is 7.28. The molecule has 4 aromatic rings. The number of nitrogens with one attached hydrogen (secondary N) is 1. The molecular weight excluding hydrogens is 438 g/mol. The lowest BCUT2D eigenvalue weighted by Gasteiger charge is -2.19. The van der Waals surface area contributed by atoms with E-state index in [1.807, 2.05) is 35.0 Å². The van der Waals surface area contributed by atoms with Crippen LogP contribution >= 0.6 is 0 Å². The van der Waals surface area contributed by atoms with Gasteiger partial charge in [-0.1, -0.05) is 86.4 Å². The van der Waals surface area contributed by atoms with Gasteiger partial charge in [-0.3, -0.25) is 0 Å². The number of hydrogen-bond acceptors (Lipinski definition) is 4. The topological polar surface area (TPSA) is 48.3 Å². The number of imidazole rings is 1.